The van der Waals surface area contributed by atoms with Crippen molar-refractivity contribution in [2.75, 3.05) is 13.1 Å². The Balaban J connectivity index is 1.37. The quantitative estimate of drug-likeness (QED) is 0.704. The van der Waals surface area contributed by atoms with Crippen LogP contribution in [0.5, 0.6) is 0 Å². The lowest BCUT2D eigenvalue weighted by Crippen LogP contribution is -2.50. The summed E-state index contributed by atoms with van der Waals surface area (Å²) in [6.07, 6.45) is 1.47. The highest BCUT2D eigenvalue weighted by molar-refractivity contribution is 7.13. The van der Waals surface area contributed by atoms with Crippen LogP contribution in [0, 0.1) is 6.92 Å². The van der Waals surface area contributed by atoms with Crippen LogP contribution in [0.3, 0.4) is 0 Å². The molecule has 3 amide bonds. The first-order chi connectivity index (χ1) is 16.7. The van der Waals surface area contributed by atoms with E-state index < -0.39 is 23.6 Å². The third kappa shape index (κ3) is 4.10. The summed E-state index contributed by atoms with van der Waals surface area (Å²) in [5, 5.41) is 10.4. The van der Waals surface area contributed by atoms with Crippen LogP contribution < -0.4 is 0 Å². The number of rotatable bonds is 4. The lowest BCUT2D eigenvalue weighted by Gasteiger charge is -2.31. The molecule has 1 aromatic heterocycles. The van der Waals surface area contributed by atoms with Gasteiger partial charge in [-0.05, 0) is 37.8 Å². The minimum Gasteiger partial charge on any atom is -0.391 e. The summed E-state index contributed by atoms with van der Waals surface area (Å²) in [4.78, 5) is 51.7. The predicted octanol–water partition coefficient (Wildman–Crippen LogP) is 2.72. The maximum Gasteiger partial charge on any atom is 0.256 e. The first-order valence-electron chi connectivity index (χ1n) is 12.1. The minimum atomic E-state index is -0.822. The van der Waals surface area contributed by atoms with Crippen molar-refractivity contribution < 1.29 is 19.5 Å². The molecule has 1 aromatic carbocycles. The van der Waals surface area contributed by atoms with E-state index in [0.717, 1.165) is 28.1 Å². The van der Waals surface area contributed by atoms with E-state index in [0.29, 0.717) is 31.5 Å². The van der Waals surface area contributed by atoms with Crippen molar-refractivity contribution in [1.82, 2.24) is 14.8 Å². The van der Waals surface area contributed by atoms with Crippen LogP contribution >= 0.6 is 11.3 Å². The van der Waals surface area contributed by atoms with E-state index in [4.69, 9.17) is 0 Å². The number of thiazole rings is 1. The molecule has 2 aromatic rings. The molecule has 2 fully saturated rings. The highest BCUT2D eigenvalue weighted by Crippen LogP contribution is 2.39. The molecule has 9 heteroatoms. The molecule has 1 N–H and O–H groups in total. The molecule has 0 spiro atoms. The SMILES string of the molecule is CC(=O)N1CCC[C@H]1C(=O)N1C[C@H](O)CC1C1=NC(=O)[C@](C)(c2ccc(-c3scnc3C)cc2)C1. The number of nitrogens with zero attached hydrogens (tertiary/aromatic N) is 4. The number of likely N-dealkylation sites (tertiary alicyclic amines) is 2. The van der Waals surface area contributed by atoms with Gasteiger partial charge in [0.2, 0.25) is 11.8 Å². The van der Waals surface area contributed by atoms with E-state index in [1.807, 2.05) is 43.6 Å². The van der Waals surface area contributed by atoms with Crippen molar-refractivity contribution in [2.24, 2.45) is 4.99 Å². The van der Waals surface area contributed by atoms with Crippen LogP contribution in [0.25, 0.3) is 10.4 Å². The lowest BCUT2D eigenvalue weighted by atomic mass is 9.78. The number of hydrogen-bond acceptors (Lipinski definition) is 6. The summed E-state index contributed by atoms with van der Waals surface area (Å²) in [7, 11) is 0. The maximum absolute atomic E-state index is 13.4. The standard InChI is InChI=1S/C26H30N4O4S/c1-15-23(35-14-27-15)17-6-8-18(9-7-17)26(3)12-20(28-25(26)34)22-11-19(32)13-30(22)24(33)21-5-4-10-29(21)16(2)31/h6-9,14,19,21-22,32H,4-5,10-13H2,1-3H3/t19-,21+,22?,26+/m1/s1. The largest absolute Gasteiger partial charge is 0.391 e. The number of amides is 3. The van der Waals surface area contributed by atoms with Gasteiger partial charge in [-0.2, -0.15) is 0 Å². The van der Waals surface area contributed by atoms with Crippen molar-refractivity contribution in [1.29, 1.82) is 0 Å². The zero-order valence-corrected chi connectivity index (χ0v) is 21.0. The molecule has 4 heterocycles. The Kier molecular flexibility index (Phi) is 6.09. The Morgan fingerprint density at radius 1 is 1.20 bits per heavy atom. The number of aliphatic hydroxyl groups excluding tert-OH is 1. The topological polar surface area (TPSA) is 103 Å². The van der Waals surface area contributed by atoms with E-state index in [-0.39, 0.29) is 24.3 Å². The number of carbonyl (C=O) groups excluding carboxylic acids is 3. The fraction of sp³-hybridized carbons (Fsp3) is 0.500. The third-order valence-electron chi connectivity index (χ3n) is 7.67. The van der Waals surface area contributed by atoms with Gasteiger partial charge < -0.3 is 14.9 Å². The number of hydrogen-bond donors (Lipinski definition) is 1. The van der Waals surface area contributed by atoms with Crippen molar-refractivity contribution in [3.63, 3.8) is 0 Å². The molecular weight excluding hydrogens is 464 g/mol. The van der Waals surface area contributed by atoms with Gasteiger partial charge in [0.1, 0.15) is 6.04 Å². The highest BCUT2D eigenvalue weighted by atomic mass is 32.1. The van der Waals surface area contributed by atoms with Gasteiger partial charge in [-0.25, -0.2) is 9.98 Å². The van der Waals surface area contributed by atoms with E-state index in [1.165, 1.54) is 6.92 Å². The molecule has 0 saturated carbocycles. The lowest BCUT2D eigenvalue weighted by molar-refractivity contribution is -0.142. The van der Waals surface area contributed by atoms with Gasteiger partial charge in [0, 0.05) is 38.6 Å². The molecule has 0 radical (unpaired) electrons. The number of aryl methyl sites for hydroxylation is 1. The fourth-order valence-corrected chi connectivity index (χ4v) is 6.49. The number of benzene rings is 1. The minimum absolute atomic E-state index is 0.116. The summed E-state index contributed by atoms with van der Waals surface area (Å²) in [5.74, 6) is -0.503. The fourth-order valence-electron chi connectivity index (χ4n) is 5.68. The molecule has 3 aliphatic heterocycles. The summed E-state index contributed by atoms with van der Waals surface area (Å²) in [6, 6.07) is 7.03. The Labute approximate surface area is 208 Å². The predicted molar refractivity (Wildman–Crippen MR) is 133 cm³/mol. The molecule has 4 atom stereocenters. The van der Waals surface area contributed by atoms with Crippen molar-refractivity contribution in [3.8, 4) is 10.4 Å². The summed E-state index contributed by atoms with van der Waals surface area (Å²) >= 11 is 1.59. The monoisotopic (exact) mass is 494 g/mol. The van der Waals surface area contributed by atoms with E-state index in [1.54, 1.807) is 21.1 Å². The van der Waals surface area contributed by atoms with Crippen LogP contribution in [0.1, 0.15) is 50.8 Å². The Morgan fingerprint density at radius 2 is 1.94 bits per heavy atom. The molecule has 8 nitrogen and oxygen atoms in total. The Morgan fingerprint density at radius 3 is 2.60 bits per heavy atom. The molecule has 5 rings (SSSR count). The van der Waals surface area contributed by atoms with Gasteiger partial charge >= 0.3 is 0 Å². The smallest absolute Gasteiger partial charge is 0.256 e. The maximum atomic E-state index is 13.4. The van der Waals surface area contributed by atoms with Crippen LogP contribution in [-0.2, 0) is 19.8 Å². The molecule has 0 aliphatic carbocycles. The molecule has 35 heavy (non-hydrogen) atoms. The second-order valence-corrected chi connectivity index (χ2v) is 10.9. The molecule has 3 aliphatic rings. The van der Waals surface area contributed by atoms with Crippen LogP contribution in [0.4, 0.5) is 0 Å². The number of carbonyl (C=O) groups is 3. The summed E-state index contributed by atoms with van der Waals surface area (Å²) < 4.78 is 0. The van der Waals surface area contributed by atoms with E-state index in [2.05, 4.69) is 9.98 Å². The average Bonchev–Trinajstić information content (AvgIpc) is 3.61. The van der Waals surface area contributed by atoms with Gasteiger partial charge in [0.05, 0.1) is 33.6 Å². The first kappa shape index (κ1) is 23.8. The Hall–Kier alpha value is -2.91. The summed E-state index contributed by atoms with van der Waals surface area (Å²) in [5.41, 5.74) is 4.56. The van der Waals surface area contributed by atoms with Gasteiger partial charge in [0.15, 0.2) is 0 Å². The van der Waals surface area contributed by atoms with Crippen LogP contribution in [0.15, 0.2) is 34.8 Å². The van der Waals surface area contributed by atoms with Gasteiger partial charge in [0.25, 0.3) is 5.91 Å². The molecule has 2 saturated heterocycles. The number of aromatic nitrogens is 1. The first-order valence-corrected chi connectivity index (χ1v) is 13.0. The second-order valence-electron chi connectivity index (χ2n) is 10.0. The van der Waals surface area contributed by atoms with Crippen LogP contribution in [-0.4, -0.2) is 74.6 Å². The van der Waals surface area contributed by atoms with Crippen LogP contribution in [0.2, 0.25) is 0 Å². The normalized spacial score (nSPS) is 28.6. The van der Waals surface area contributed by atoms with Crippen molar-refractivity contribution in [2.45, 2.75) is 70.1 Å². The summed E-state index contributed by atoms with van der Waals surface area (Å²) in [6.45, 7) is 6.12. The number of aliphatic hydroxyl groups is 1. The van der Waals surface area contributed by atoms with Crippen molar-refractivity contribution in [3.05, 3.63) is 41.0 Å². The van der Waals surface area contributed by atoms with E-state index in [9.17, 15) is 19.5 Å². The van der Waals surface area contributed by atoms with Gasteiger partial charge in [-0.15, -0.1) is 11.3 Å². The zero-order valence-electron chi connectivity index (χ0n) is 20.2. The zero-order chi connectivity index (χ0) is 24.9. The highest BCUT2D eigenvalue weighted by Gasteiger charge is 2.49. The molecule has 0 bridgehead atoms. The number of aliphatic imine (C=N–C) groups is 1. The average molecular weight is 495 g/mol. The third-order valence-corrected chi connectivity index (χ3v) is 8.65. The Bertz CT molecular complexity index is 1210. The second kappa shape index (κ2) is 8.95. The van der Waals surface area contributed by atoms with Gasteiger partial charge in [-0.1, -0.05) is 24.3 Å². The molecule has 1 unspecified atom stereocenters. The van der Waals surface area contributed by atoms with E-state index >= 15 is 0 Å². The number of β-amino-alcohol motifs (C(OH)–C–C–N with tert-alkyl or cyclic N) is 1. The molecule has 184 valence electrons. The molecular formula is C26H30N4O4S. The van der Waals surface area contributed by atoms with Crippen molar-refractivity contribution >= 4 is 34.8 Å². The van der Waals surface area contributed by atoms with Gasteiger partial charge in [-0.3, -0.25) is 14.4 Å².